The van der Waals surface area contributed by atoms with Gasteiger partial charge in [-0.15, -0.1) is 0 Å². The van der Waals surface area contributed by atoms with E-state index in [9.17, 15) is 9.90 Å². The molecule has 2 aromatic rings. The molecule has 0 saturated heterocycles. The number of nitrogens with zero attached hydrogens (tertiary/aromatic N) is 4. The van der Waals surface area contributed by atoms with Crippen LogP contribution in [0.3, 0.4) is 0 Å². The molecule has 0 radical (unpaired) electrons. The molecule has 0 spiro atoms. The number of ether oxygens (including phenoxy) is 1. The van der Waals surface area contributed by atoms with Crippen LogP contribution in [0.5, 0.6) is 0 Å². The van der Waals surface area contributed by atoms with Gasteiger partial charge in [0.05, 0.1) is 30.2 Å². The van der Waals surface area contributed by atoms with E-state index in [0.29, 0.717) is 23.0 Å². The summed E-state index contributed by atoms with van der Waals surface area (Å²) in [7, 11) is 1.74. The van der Waals surface area contributed by atoms with Crippen LogP contribution in [0.4, 0.5) is 11.6 Å². The molecule has 29 heavy (non-hydrogen) atoms. The first-order valence-corrected chi connectivity index (χ1v) is 10.0. The van der Waals surface area contributed by atoms with Crippen LogP contribution in [0, 0.1) is 0 Å². The fourth-order valence-electron chi connectivity index (χ4n) is 4.00. The summed E-state index contributed by atoms with van der Waals surface area (Å²) in [6, 6.07) is 3.75. The van der Waals surface area contributed by atoms with E-state index >= 15 is 0 Å². The highest BCUT2D eigenvalue weighted by Crippen LogP contribution is 2.34. The fourth-order valence-corrected chi connectivity index (χ4v) is 4.00. The van der Waals surface area contributed by atoms with E-state index in [1.54, 1.807) is 39.4 Å². The van der Waals surface area contributed by atoms with Gasteiger partial charge in [-0.05, 0) is 51.7 Å². The van der Waals surface area contributed by atoms with Gasteiger partial charge in [-0.1, -0.05) is 0 Å². The van der Waals surface area contributed by atoms with E-state index in [2.05, 4.69) is 15.3 Å². The van der Waals surface area contributed by atoms with Gasteiger partial charge in [0.1, 0.15) is 5.60 Å². The average molecular weight is 399 g/mol. The molecular formula is C21H27N5O3. The third-order valence-electron chi connectivity index (χ3n) is 5.69. The van der Waals surface area contributed by atoms with Gasteiger partial charge >= 0.3 is 0 Å². The summed E-state index contributed by atoms with van der Waals surface area (Å²) in [6.45, 7) is 3.62. The molecule has 8 heteroatoms. The van der Waals surface area contributed by atoms with Crippen molar-refractivity contribution in [2.45, 2.75) is 57.3 Å². The van der Waals surface area contributed by atoms with Gasteiger partial charge < -0.3 is 15.2 Å². The third kappa shape index (κ3) is 3.95. The molecular weight excluding hydrogens is 372 g/mol. The van der Waals surface area contributed by atoms with Crippen molar-refractivity contribution in [2.75, 3.05) is 23.9 Å². The molecule has 3 heterocycles. The third-order valence-corrected chi connectivity index (χ3v) is 5.69. The molecule has 1 amide bonds. The van der Waals surface area contributed by atoms with Gasteiger partial charge in [0.15, 0.2) is 11.6 Å². The Morgan fingerprint density at radius 3 is 2.55 bits per heavy atom. The molecule has 1 aliphatic heterocycles. The summed E-state index contributed by atoms with van der Waals surface area (Å²) in [4.78, 5) is 28.2. The standard InChI is InChI=1S/C21H27N5O3/c1-21(2,28)17-9-4-13(10-22-17)16-11-23-19-20(25-16)26(18(27)12-24-19)14-5-7-15(29-3)8-6-14/h4,9-11,14-15,28H,5-8,12H2,1-3H3,(H,23,24)/t14-,15-/i21+2. The molecule has 0 unspecified atom stereocenters. The van der Waals surface area contributed by atoms with Gasteiger partial charge in [-0.25, -0.2) is 9.97 Å². The van der Waals surface area contributed by atoms with Crippen molar-refractivity contribution in [3.8, 4) is 11.3 Å². The lowest BCUT2D eigenvalue weighted by atomic mass is 9.91. The lowest BCUT2D eigenvalue weighted by Crippen LogP contribution is -2.49. The molecule has 154 valence electrons. The zero-order valence-electron chi connectivity index (χ0n) is 17.1. The van der Waals surface area contributed by atoms with E-state index in [-0.39, 0.29) is 24.6 Å². The Labute approximate surface area is 170 Å². The first kappa shape index (κ1) is 19.7. The summed E-state index contributed by atoms with van der Waals surface area (Å²) in [5.74, 6) is 1.22. The van der Waals surface area contributed by atoms with Crippen molar-refractivity contribution in [1.82, 2.24) is 15.0 Å². The van der Waals surface area contributed by atoms with Gasteiger partial charge in [0, 0.05) is 24.9 Å². The first-order valence-electron chi connectivity index (χ1n) is 10.0. The zero-order valence-corrected chi connectivity index (χ0v) is 17.1. The molecule has 0 atom stereocenters. The van der Waals surface area contributed by atoms with Gasteiger partial charge in [0.25, 0.3) is 0 Å². The van der Waals surface area contributed by atoms with Gasteiger partial charge in [0.2, 0.25) is 5.91 Å². The van der Waals surface area contributed by atoms with Crippen molar-refractivity contribution in [2.24, 2.45) is 0 Å². The van der Waals surface area contributed by atoms with Gasteiger partial charge in [-0.2, -0.15) is 0 Å². The normalized spacial score (nSPS) is 22.2. The van der Waals surface area contributed by atoms with E-state index in [1.165, 1.54) is 0 Å². The zero-order chi connectivity index (χ0) is 20.6. The number of hydrogen-bond acceptors (Lipinski definition) is 7. The van der Waals surface area contributed by atoms with Crippen LogP contribution in [0.15, 0.2) is 24.5 Å². The van der Waals surface area contributed by atoms with E-state index in [1.807, 2.05) is 11.0 Å². The molecule has 4 rings (SSSR count). The molecule has 1 aliphatic carbocycles. The van der Waals surface area contributed by atoms with Crippen molar-refractivity contribution < 1.29 is 14.6 Å². The van der Waals surface area contributed by atoms with Crippen molar-refractivity contribution in [1.29, 1.82) is 0 Å². The number of rotatable bonds is 4. The number of fused-ring (bicyclic) bond motifs is 1. The van der Waals surface area contributed by atoms with E-state index in [4.69, 9.17) is 9.72 Å². The lowest BCUT2D eigenvalue weighted by Gasteiger charge is -2.38. The predicted molar refractivity (Wildman–Crippen MR) is 110 cm³/mol. The molecule has 0 bridgehead atoms. The number of aromatic nitrogens is 3. The minimum Gasteiger partial charge on any atom is -0.384 e. The summed E-state index contributed by atoms with van der Waals surface area (Å²) in [5.41, 5.74) is 1.01. The Kier molecular flexibility index (Phi) is 5.23. The molecule has 1 fully saturated rings. The lowest BCUT2D eigenvalue weighted by molar-refractivity contribution is -0.118. The second-order valence-electron chi connectivity index (χ2n) is 8.20. The van der Waals surface area contributed by atoms with Crippen molar-refractivity contribution in [3.05, 3.63) is 30.2 Å². The smallest absolute Gasteiger partial charge is 0.247 e. The van der Waals surface area contributed by atoms with Crippen LogP contribution in [0.1, 0.15) is 45.2 Å². The maximum Gasteiger partial charge on any atom is 0.247 e. The quantitative estimate of drug-likeness (QED) is 0.815. The number of amides is 1. The Hall–Kier alpha value is -2.58. The maximum absolute atomic E-state index is 12.7. The molecule has 8 nitrogen and oxygen atoms in total. The molecule has 0 aromatic carbocycles. The number of pyridine rings is 1. The fraction of sp³-hybridized carbons (Fsp3) is 0.524. The van der Waals surface area contributed by atoms with Crippen LogP contribution in [0.25, 0.3) is 11.3 Å². The topological polar surface area (TPSA) is 100 Å². The molecule has 2 N–H and O–H groups in total. The Bertz CT molecular complexity index is 886. The minimum absolute atomic E-state index is 0.0142. The highest BCUT2D eigenvalue weighted by molar-refractivity contribution is 6.01. The number of anilines is 2. The number of nitrogens with one attached hydrogen (secondary N) is 1. The monoisotopic (exact) mass is 399 g/mol. The largest absolute Gasteiger partial charge is 0.384 e. The summed E-state index contributed by atoms with van der Waals surface area (Å²) in [5, 5.41) is 13.2. The number of carbonyl (C=O) groups excluding carboxylic acids is 1. The average Bonchev–Trinajstić information content (AvgIpc) is 2.73. The molecule has 2 aromatic heterocycles. The number of aliphatic hydroxyl groups is 1. The number of methoxy groups -OCH3 is 1. The van der Waals surface area contributed by atoms with Gasteiger partial charge in [-0.3, -0.25) is 14.7 Å². The SMILES string of the molecule is CO[C@H]1CC[C@H](N2C(=O)CNc3ncc(-c4ccc([14C](C)(C)O)nc4)nc32)CC1. The second kappa shape index (κ2) is 7.68. The number of carbonyl (C=O) groups is 1. The van der Waals surface area contributed by atoms with Crippen LogP contribution < -0.4 is 10.2 Å². The van der Waals surface area contributed by atoms with Crippen molar-refractivity contribution in [3.63, 3.8) is 0 Å². The highest BCUT2D eigenvalue weighted by atomic mass is 16.5. The highest BCUT2D eigenvalue weighted by Gasteiger charge is 2.35. The Morgan fingerprint density at radius 1 is 1.17 bits per heavy atom. The summed E-state index contributed by atoms with van der Waals surface area (Å²) >= 11 is 0. The summed E-state index contributed by atoms with van der Waals surface area (Å²) < 4.78 is 5.47. The van der Waals surface area contributed by atoms with E-state index in [0.717, 1.165) is 31.2 Å². The van der Waals surface area contributed by atoms with E-state index < -0.39 is 5.60 Å². The second-order valence-corrected chi connectivity index (χ2v) is 8.20. The van der Waals surface area contributed by atoms with Crippen molar-refractivity contribution >= 4 is 17.5 Å². The molecule has 2 aliphatic rings. The summed E-state index contributed by atoms with van der Waals surface area (Å²) in [6.07, 6.45) is 7.26. The van der Waals surface area contributed by atoms with Crippen LogP contribution in [0.2, 0.25) is 0 Å². The van der Waals surface area contributed by atoms with Crippen LogP contribution in [-0.2, 0) is 15.1 Å². The first-order chi connectivity index (χ1) is 13.9. The predicted octanol–water partition coefficient (Wildman–Crippen LogP) is 2.48. The minimum atomic E-state index is -1.01. The molecule has 1 saturated carbocycles. The number of hydrogen-bond donors (Lipinski definition) is 2. The van der Waals surface area contributed by atoms with Crippen LogP contribution in [-0.4, -0.2) is 51.8 Å². The maximum atomic E-state index is 12.7. The van der Waals surface area contributed by atoms with Crippen LogP contribution >= 0.6 is 0 Å². The Balaban J connectivity index is 1.64. The Morgan fingerprint density at radius 2 is 1.93 bits per heavy atom.